The van der Waals surface area contributed by atoms with E-state index in [1.165, 1.54) is 16.2 Å². The van der Waals surface area contributed by atoms with Crippen molar-refractivity contribution >= 4 is 22.9 Å². The van der Waals surface area contributed by atoms with Gasteiger partial charge in [-0.05, 0) is 19.1 Å². The number of thiazole rings is 1. The van der Waals surface area contributed by atoms with Crippen molar-refractivity contribution in [3.8, 4) is 11.3 Å². The van der Waals surface area contributed by atoms with Crippen LogP contribution >= 0.6 is 22.9 Å². The van der Waals surface area contributed by atoms with E-state index >= 15 is 0 Å². The fourth-order valence-electron chi connectivity index (χ4n) is 1.14. The summed E-state index contributed by atoms with van der Waals surface area (Å²) in [5.41, 5.74) is 4.97. The molecular weight excluding hydrogens is 202 g/mol. The van der Waals surface area contributed by atoms with Crippen LogP contribution in [0.25, 0.3) is 11.3 Å². The van der Waals surface area contributed by atoms with Gasteiger partial charge in [0.05, 0.1) is 5.69 Å². The first-order chi connectivity index (χ1) is 6.27. The number of benzene rings is 1. The van der Waals surface area contributed by atoms with Gasteiger partial charge in [0.2, 0.25) is 0 Å². The second-order valence-corrected chi connectivity index (χ2v) is 4.15. The summed E-state index contributed by atoms with van der Waals surface area (Å²) in [6.07, 6.45) is 0. The summed E-state index contributed by atoms with van der Waals surface area (Å²) >= 11 is 7.32. The summed E-state index contributed by atoms with van der Waals surface area (Å²) in [7, 11) is 0. The Kier molecular flexibility index (Phi) is 2.34. The molecule has 0 amide bonds. The molecule has 0 spiro atoms. The van der Waals surface area contributed by atoms with E-state index in [1.54, 1.807) is 0 Å². The third kappa shape index (κ3) is 1.74. The second kappa shape index (κ2) is 3.48. The first-order valence-electron chi connectivity index (χ1n) is 3.87. The fraction of sp³-hybridized carbons (Fsp3) is 0.100. The molecule has 1 aromatic heterocycles. The Hall–Kier alpha value is -0.860. The highest BCUT2D eigenvalue weighted by atomic mass is 35.5. The van der Waals surface area contributed by atoms with Gasteiger partial charge in [0.15, 0.2) is 5.51 Å². The monoisotopic (exact) mass is 208 g/mol. The van der Waals surface area contributed by atoms with Gasteiger partial charge in [-0.3, -0.25) is 0 Å². The number of aryl methyl sites for hydroxylation is 1. The van der Waals surface area contributed by atoms with E-state index < -0.39 is 0 Å². The summed E-state index contributed by atoms with van der Waals surface area (Å²) in [6.45, 7) is 2.04. The summed E-state index contributed by atoms with van der Waals surface area (Å²) in [4.78, 5) is 5.35. The molecule has 1 nitrogen and oxygen atoms in total. The molecule has 0 aliphatic rings. The van der Waals surface area contributed by atoms with E-state index in [4.69, 9.17) is 11.6 Å². The van der Waals surface area contributed by atoms with Crippen LogP contribution in [0.15, 0.2) is 24.3 Å². The number of hydrogen-bond acceptors (Lipinski definition) is 2. The van der Waals surface area contributed by atoms with Gasteiger partial charge < -0.3 is 0 Å². The minimum absolute atomic E-state index is 0.751. The second-order valence-electron chi connectivity index (χ2n) is 2.72. The van der Waals surface area contributed by atoms with Crippen molar-refractivity contribution in [3.63, 3.8) is 0 Å². The van der Waals surface area contributed by atoms with Gasteiger partial charge in [-0.2, -0.15) is 0 Å². The van der Waals surface area contributed by atoms with Crippen molar-refractivity contribution in [2.75, 3.05) is 0 Å². The number of nitrogens with zero attached hydrogens (tertiary/aromatic N) is 1. The minimum atomic E-state index is 0.751. The molecule has 0 atom stereocenters. The molecular formula is C10H7ClNS. The predicted octanol–water partition coefficient (Wildman–Crippen LogP) is 3.57. The number of aromatic nitrogens is 1. The van der Waals surface area contributed by atoms with Gasteiger partial charge in [0.25, 0.3) is 0 Å². The van der Waals surface area contributed by atoms with Crippen molar-refractivity contribution in [1.29, 1.82) is 0 Å². The molecule has 0 unspecified atom stereocenters. The van der Waals surface area contributed by atoms with Gasteiger partial charge in [-0.15, -0.1) is 11.3 Å². The van der Waals surface area contributed by atoms with E-state index in [9.17, 15) is 0 Å². The third-order valence-electron chi connectivity index (χ3n) is 1.81. The van der Waals surface area contributed by atoms with Crippen LogP contribution in [0.3, 0.4) is 0 Å². The average molecular weight is 209 g/mol. The number of hydrogen-bond donors (Lipinski definition) is 0. The van der Waals surface area contributed by atoms with E-state index in [0.29, 0.717) is 0 Å². The number of rotatable bonds is 1. The zero-order chi connectivity index (χ0) is 9.26. The summed E-state index contributed by atoms with van der Waals surface area (Å²) in [5.74, 6) is 0. The summed E-state index contributed by atoms with van der Waals surface area (Å²) < 4.78 is 0. The smallest absolute Gasteiger partial charge is 0.153 e. The molecule has 13 heavy (non-hydrogen) atoms. The van der Waals surface area contributed by atoms with Crippen LogP contribution < -0.4 is 0 Å². The highest BCUT2D eigenvalue weighted by molar-refractivity contribution is 7.09. The van der Waals surface area contributed by atoms with Crippen molar-refractivity contribution < 1.29 is 0 Å². The molecule has 0 bridgehead atoms. The van der Waals surface area contributed by atoms with Crippen molar-refractivity contribution in [2.45, 2.75) is 6.92 Å². The lowest BCUT2D eigenvalue weighted by Gasteiger charge is -1.97. The highest BCUT2D eigenvalue weighted by Gasteiger charge is 2.03. The maximum Gasteiger partial charge on any atom is 0.153 e. The Morgan fingerprint density at radius 3 is 2.54 bits per heavy atom. The van der Waals surface area contributed by atoms with Crippen LogP contribution in [-0.2, 0) is 0 Å². The van der Waals surface area contributed by atoms with Crippen molar-refractivity contribution in [2.24, 2.45) is 0 Å². The molecule has 0 aliphatic carbocycles. The topological polar surface area (TPSA) is 12.9 Å². The fourth-order valence-corrected chi connectivity index (χ4v) is 1.80. The van der Waals surface area contributed by atoms with E-state index in [-0.39, 0.29) is 0 Å². The number of halogens is 1. The Morgan fingerprint density at radius 2 is 2.00 bits per heavy atom. The first kappa shape index (κ1) is 8.73. The molecule has 1 heterocycles. The first-order valence-corrected chi connectivity index (χ1v) is 5.06. The van der Waals surface area contributed by atoms with Gasteiger partial charge in [0.1, 0.15) is 0 Å². The van der Waals surface area contributed by atoms with Crippen molar-refractivity contribution in [3.05, 3.63) is 39.7 Å². The molecule has 65 valence electrons. The standard InChI is InChI=1S/C10H7ClNS/c1-7-10(12-6-13-7)8-2-4-9(11)5-3-8/h2-5H,1H3. The maximum atomic E-state index is 5.79. The molecule has 0 saturated heterocycles. The van der Waals surface area contributed by atoms with E-state index in [0.717, 1.165) is 16.3 Å². The molecule has 0 N–H and O–H groups in total. The zero-order valence-corrected chi connectivity index (χ0v) is 8.62. The van der Waals surface area contributed by atoms with Crippen LogP contribution in [0.1, 0.15) is 4.88 Å². The summed E-state index contributed by atoms with van der Waals surface area (Å²) in [6, 6.07) is 7.68. The Labute approximate surface area is 86.0 Å². The van der Waals surface area contributed by atoms with E-state index in [2.05, 4.69) is 10.5 Å². The van der Waals surface area contributed by atoms with Gasteiger partial charge in [-0.25, -0.2) is 4.98 Å². The SMILES string of the molecule is Cc1s[c]nc1-c1ccc(Cl)cc1. The molecule has 0 aliphatic heterocycles. The average Bonchev–Trinajstić information content (AvgIpc) is 2.53. The summed E-state index contributed by atoms with van der Waals surface area (Å²) in [5, 5.41) is 0.751. The highest BCUT2D eigenvalue weighted by Crippen LogP contribution is 2.25. The third-order valence-corrected chi connectivity index (χ3v) is 2.74. The van der Waals surface area contributed by atoms with Crippen LogP contribution in [0, 0.1) is 12.4 Å². The van der Waals surface area contributed by atoms with Gasteiger partial charge in [-0.1, -0.05) is 23.7 Å². The molecule has 0 saturated carbocycles. The lowest BCUT2D eigenvalue weighted by Crippen LogP contribution is -1.78. The predicted molar refractivity (Wildman–Crippen MR) is 56.1 cm³/mol. The molecule has 2 rings (SSSR count). The van der Waals surface area contributed by atoms with Crippen molar-refractivity contribution in [1.82, 2.24) is 4.98 Å². The Bertz CT molecular complexity index is 405. The zero-order valence-electron chi connectivity index (χ0n) is 7.04. The van der Waals surface area contributed by atoms with Crippen LogP contribution in [0.5, 0.6) is 0 Å². The van der Waals surface area contributed by atoms with E-state index in [1.807, 2.05) is 31.2 Å². The molecule has 0 fully saturated rings. The Balaban J connectivity index is 2.47. The van der Waals surface area contributed by atoms with Gasteiger partial charge in [0, 0.05) is 15.5 Å². The maximum absolute atomic E-state index is 5.79. The quantitative estimate of drug-likeness (QED) is 0.698. The van der Waals surface area contributed by atoms with Gasteiger partial charge >= 0.3 is 0 Å². The molecule has 1 aromatic carbocycles. The molecule has 2 aromatic rings. The lowest BCUT2D eigenvalue weighted by atomic mass is 10.1. The van der Waals surface area contributed by atoms with Crippen LogP contribution in [-0.4, -0.2) is 4.98 Å². The molecule has 1 radical (unpaired) electrons. The normalized spacial score (nSPS) is 10.3. The van der Waals surface area contributed by atoms with Crippen LogP contribution in [0.2, 0.25) is 5.02 Å². The largest absolute Gasteiger partial charge is 0.233 e. The van der Waals surface area contributed by atoms with Crippen LogP contribution in [0.4, 0.5) is 0 Å². The minimum Gasteiger partial charge on any atom is -0.233 e. The lowest BCUT2D eigenvalue weighted by molar-refractivity contribution is 1.37. The molecule has 3 heteroatoms. The Morgan fingerprint density at radius 1 is 1.31 bits per heavy atom.